The summed E-state index contributed by atoms with van der Waals surface area (Å²) >= 11 is 1.32. The summed E-state index contributed by atoms with van der Waals surface area (Å²) in [5, 5.41) is 4.09. The van der Waals surface area contributed by atoms with Crippen molar-refractivity contribution >= 4 is 28.6 Å². The Labute approximate surface area is 146 Å². The molecule has 1 heterocycles. The molecule has 2 aromatic rings. The van der Waals surface area contributed by atoms with Crippen molar-refractivity contribution in [1.82, 2.24) is 14.9 Å². The second kappa shape index (κ2) is 8.33. The van der Waals surface area contributed by atoms with E-state index in [2.05, 4.69) is 24.1 Å². The van der Waals surface area contributed by atoms with Gasteiger partial charge >= 0.3 is 0 Å². The number of para-hydroxylation sites is 1. The third-order valence-corrected chi connectivity index (χ3v) is 4.52. The lowest BCUT2D eigenvalue weighted by Crippen LogP contribution is -2.32. The van der Waals surface area contributed by atoms with Gasteiger partial charge in [-0.25, -0.2) is 4.98 Å². The molecule has 0 aliphatic carbocycles. The molecule has 0 radical (unpaired) electrons. The van der Waals surface area contributed by atoms with Crippen molar-refractivity contribution in [1.29, 1.82) is 0 Å². The van der Waals surface area contributed by atoms with E-state index in [0.29, 0.717) is 28.5 Å². The zero-order valence-corrected chi connectivity index (χ0v) is 15.5. The molecule has 0 bridgehead atoms. The maximum absolute atomic E-state index is 12.8. The molecule has 0 spiro atoms. The first kappa shape index (κ1) is 18.5. The lowest BCUT2D eigenvalue weighted by Gasteiger charge is -2.14. The van der Waals surface area contributed by atoms with Gasteiger partial charge in [0.25, 0.3) is 5.56 Å². The standard InChI is InChI=1S/C18H25N3O2S/c1-12(2)9-10-21-17(23)14-7-5-6-8-15(14)20-18(21)24-11-16(22)19-13(3)4/h5-8,12-13H,9-11H2,1-4H3,(H,19,22). The van der Waals surface area contributed by atoms with E-state index in [1.165, 1.54) is 11.8 Å². The number of carbonyl (C=O) groups excluding carboxylic acids is 1. The zero-order valence-electron chi connectivity index (χ0n) is 14.7. The number of nitrogens with one attached hydrogen (secondary N) is 1. The molecule has 6 heteroatoms. The summed E-state index contributed by atoms with van der Waals surface area (Å²) in [7, 11) is 0. The molecule has 1 aromatic heterocycles. The molecule has 0 aliphatic heterocycles. The van der Waals surface area contributed by atoms with E-state index in [9.17, 15) is 9.59 Å². The number of rotatable bonds is 7. The molecule has 0 saturated carbocycles. The second-order valence-electron chi connectivity index (χ2n) is 6.56. The van der Waals surface area contributed by atoms with Crippen LogP contribution in [0, 0.1) is 5.92 Å². The molecule has 0 unspecified atom stereocenters. The van der Waals surface area contributed by atoms with Crippen LogP contribution >= 0.6 is 11.8 Å². The van der Waals surface area contributed by atoms with Gasteiger partial charge in [-0.15, -0.1) is 0 Å². The van der Waals surface area contributed by atoms with Crippen LogP contribution in [0.3, 0.4) is 0 Å². The summed E-state index contributed by atoms with van der Waals surface area (Å²) in [5.41, 5.74) is 0.642. The number of nitrogens with zero attached hydrogens (tertiary/aromatic N) is 2. The van der Waals surface area contributed by atoms with Gasteiger partial charge in [-0.05, 0) is 38.3 Å². The molecule has 130 valence electrons. The lowest BCUT2D eigenvalue weighted by atomic mass is 10.1. The Balaban J connectivity index is 2.33. The summed E-state index contributed by atoms with van der Waals surface area (Å²) in [6.07, 6.45) is 0.895. The van der Waals surface area contributed by atoms with Crippen LogP contribution in [0.15, 0.2) is 34.2 Å². The Morgan fingerprint density at radius 2 is 1.96 bits per heavy atom. The fourth-order valence-corrected chi connectivity index (χ4v) is 3.17. The highest BCUT2D eigenvalue weighted by Crippen LogP contribution is 2.18. The van der Waals surface area contributed by atoms with Crippen molar-refractivity contribution < 1.29 is 4.79 Å². The Bertz CT molecular complexity index is 768. The van der Waals surface area contributed by atoms with Gasteiger partial charge in [-0.2, -0.15) is 0 Å². The molecular formula is C18H25N3O2S. The Hall–Kier alpha value is -1.82. The molecule has 0 saturated heterocycles. The largest absolute Gasteiger partial charge is 0.353 e. The smallest absolute Gasteiger partial charge is 0.262 e. The predicted molar refractivity (Wildman–Crippen MR) is 99.5 cm³/mol. The Kier molecular flexibility index (Phi) is 6.43. The van der Waals surface area contributed by atoms with Gasteiger partial charge < -0.3 is 5.32 Å². The van der Waals surface area contributed by atoms with Crippen molar-refractivity contribution in [2.24, 2.45) is 5.92 Å². The van der Waals surface area contributed by atoms with Crippen molar-refractivity contribution in [3.63, 3.8) is 0 Å². The number of hydrogen-bond acceptors (Lipinski definition) is 4. The minimum Gasteiger partial charge on any atom is -0.353 e. The summed E-state index contributed by atoms with van der Waals surface area (Å²) in [6, 6.07) is 7.46. The third kappa shape index (κ3) is 4.84. The highest BCUT2D eigenvalue weighted by Gasteiger charge is 2.13. The number of carbonyl (C=O) groups is 1. The second-order valence-corrected chi connectivity index (χ2v) is 7.50. The molecule has 0 fully saturated rings. The average Bonchev–Trinajstić information content (AvgIpc) is 2.51. The van der Waals surface area contributed by atoms with E-state index in [0.717, 1.165) is 6.42 Å². The van der Waals surface area contributed by atoms with E-state index in [-0.39, 0.29) is 23.3 Å². The molecule has 1 aromatic carbocycles. The number of hydrogen-bond donors (Lipinski definition) is 1. The third-order valence-electron chi connectivity index (χ3n) is 3.54. The molecule has 1 N–H and O–H groups in total. The van der Waals surface area contributed by atoms with Gasteiger partial charge in [-0.1, -0.05) is 37.7 Å². The number of thioether (sulfide) groups is 1. The summed E-state index contributed by atoms with van der Waals surface area (Å²) in [6.45, 7) is 8.72. The number of aromatic nitrogens is 2. The monoisotopic (exact) mass is 347 g/mol. The molecule has 0 aliphatic rings. The van der Waals surface area contributed by atoms with Crippen molar-refractivity contribution in [3.8, 4) is 0 Å². The Morgan fingerprint density at radius 3 is 2.62 bits per heavy atom. The van der Waals surface area contributed by atoms with E-state index in [4.69, 9.17) is 0 Å². The number of fused-ring (bicyclic) bond motifs is 1. The number of benzene rings is 1. The SMILES string of the molecule is CC(C)CCn1c(SCC(=O)NC(C)C)nc2ccccc2c1=O. The van der Waals surface area contributed by atoms with Crippen LogP contribution in [0.1, 0.15) is 34.1 Å². The lowest BCUT2D eigenvalue weighted by molar-refractivity contribution is -0.119. The van der Waals surface area contributed by atoms with E-state index in [1.54, 1.807) is 10.6 Å². The average molecular weight is 347 g/mol. The van der Waals surface area contributed by atoms with Crippen molar-refractivity contribution in [2.75, 3.05) is 5.75 Å². The zero-order chi connectivity index (χ0) is 17.7. The first-order chi connectivity index (χ1) is 11.4. The van der Waals surface area contributed by atoms with Crippen LogP contribution in [0.2, 0.25) is 0 Å². The fraction of sp³-hybridized carbons (Fsp3) is 0.500. The van der Waals surface area contributed by atoms with Gasteiger partial charge in [0.1, 0.15) is 0 Å². The van der Waals surface area contributed by atoms with Crippen LogP contribution in [0.5, 0.6) is 0 Å². The first-order valence-corrected chi connectivity index (χ1v) is 9.28. The molecule has 0 atom stereocenters. The highest BCUT2D eigenvalue weighted by molar-refractivity contribution is 7.99. The molecule has 2 rings (SSSR count). The van der Waals surface area contributed by atoms with Crippen LogP contribution in [-0.2, 0) is 11.3 Å². The molecule has 5 nitrogen and oxygen atoms in total. The van der Waals surface area contributed by atoms with Crippen molar-refractivity contribution in [2.45, 2.75) is 51.9 Å². The van der Waals surface area contributed by atoms with Crippen LogP contribution < -0.4 is 10.9 Å². The highest BCUT2D eigenvalue weighted by atomic mass is 32.2. The van der Waals surface area contributed by atoms with Gasteiger partial charge in [-0.3, -0.25) is 14.2 Å². The quantitative estimate of drug-likeness (QED) is 0.617. The summed E-state index contributed by atoms with van der Waals surface area (Å²) in [5.74, 6) is 0.697. The van der Waals surface area contributed by atoms with Gasteiger partial charge in [0.15, 0.2) is 5.16 Å². The van der Waals surface area contributed by atoms with Crippen LogP contribution in [0.4, 0.5) is 0 Å². The Morgan fingerprint density at radius 1 is 1.25 bits per heavy atom. The normalized spacial score (nSPS) is 11.4. The van der Waals surface area contributed by atoms with E-state index < -0.39 is 0 Å². The van der Waals surface area contributed by atoms with Gasteiger partial charge in [0.05, 0.1) is 16.7 Å². The van der Waals surface area contributed by atoms with E-state index in [1.807, 2.05) is 32.0 Å². The molecule has 1 amide bonds. The molecule has 24 heavy (non-hydrogen) atoms. The van der Waals surface area contributed by atoms with Gasteiger partial charge in [0, 0.05) is 12.6 Å². The van der Waals surface area contributed by atoms with Gasteiger partial charge in [0.2, 0.25) is 5.91 Å². The number of amides is 1. The first-order valence-electron chi connectivity index (χ1n) is 8.30. The fourth-order valence-electron chi connectivity index (χ4n) is 2.34. The van der Waals surface area contributed by atoms with Crippen LogP contribution in [-0.4, -0.2) is 27.3 Å². The van der Waals surface area contributed by atoms with Crippen LogP contribution in [0.25, 0.3) is 10.9 Å². The predicted octanol–water partition coefficient (Wildman–Crippen LogP) is 3.06. The minimum absolute atomic E-state index is 0.0342. The maximum Gasteiger partial charge on any atom is 0.262 e. The topological polar surface area (TPSA) is 64.0 Å². The van der Waals surface area contributed by atoms with E-state index >= 15 is 0 Å². The maximum atomic E-state index is 12.8. The minimum atomic E-state index is -0.0483. The van der Waals surface area contributed by atoms with Crippen molar-refractivity contribution in [3.05, 3.63) is 34.6 Å². The molecular weight excluding hydrogens is 322 g/mol. The summed E-state index contributed by atoms with van der Waals surface area (Å²) < 4.78 is 1.70. The summed E-state index contributed by atoms with van der Waals surface area (Å²) in [4.78, 5) is 29.3.